The Hall–Kier alpha value is -3.66. The number of para-hydroxylation sites is 1. The molecule has 1 unspecified atom stereocenters. The molecule has 0 radical (unpaired) electrons. The van der Waals surface area contributed by atoms with Gasteiger partial charge in [-0.2, -0.15) is 13.2 Å². The number of benzene rings is 3. The van der Waals surface area contributed by atoms with Crippen LogP contribution in [0.4, 0.5) is 24.5 Å². The zero-order valence-corrected chi connectivity index (χ0v) is 20.2. The minimum atomic E-state index is -4.73. The van der Waals surface area contributed by atoms with Crippen LogP contribution in [0.2, 0.25) is 0 Å². The van der Waals surface area contributed by atoms with Crippen molar-refractivity contribution in [2.24, 2.45) is 0 Å². The third-order valence-electron chi connectivity index (χ3n) is 6.69. The molecule has 0 saturated carbocycles. The summed E-state index contributed by atoms with van der Waals surface area (Å²) < 4.78 is 67.6. The Morgan fingerprint density at radius 3 is 2.39 bits per heavy atom. The summed E-state index contributed by atoms with van der Waals surface area (Å²) in [6.07, 6.45) is -4.73. The second-order valence-corrected chi connectivity index (χ2v) is 11.1. The maximum absolute atomic E-state index is 14.1. The summed E-state index contributed by atoms with van der Waals surface area (Å²) >= 11 is 0. The first kappa shape index (κ1) is 24.1. The molecule has 5 rings (SSSR count). The molecule has 2 aliphatic rings. The molecule has 2 aliphatic heterocycles. The van der Waals surface area contributed by atoms with Gasteiger partial charge in [-0.15, -0.1) is 0 Å². The molecule has 0 aromatic heterocycles. The predicted molar refractivity (Wildman–Crippen MR) is 128 cm³/mol. The van der Waals surface area contributed by atoms with Gasteiger partial charge >= 0.3 is 6.18 Å². The van der Waals surface area contributed by atoms with E-state index < -0.39 is 44.0 Å². The molecule has 10 heteroatoms. The lowest BCUT2D eigenvalue weighted by Gasteiger charge is -2.33. The molecule has 2 heterocycles. The Morgan fingerprint density at radius 1 is 0.944 bits per heavy atom. The molecule has 3 aromatic carbocycles. The van der Waals surface area contributed by atoms with Crippen molar-refractivity contribution < 1.29 is 31.2 Å². The Bertz CT molecular complexity index is 1530. The monoisotopic (exact) mass is 514 g/mol. The zero-order chi connectivity index (χ0) is 26.0. The number of nitrogens with zero attached hydrogens (tertiary/aromatic N) is 2. The van der Waals surface area contributed by atoms with Crippen molar-refractivity contribution in [3.05, 3.63) is 94.5 Å². The molecule has 36 heavy (non-hydrogen) atoms. The number of alkyl halides is 3. The van der Waals surface area contributed by atoms with Crippen molar-refractivity contribution in [1.82, 2.24) is 0 Å². The van der Waals surface area contributed by atoms with Crippen molar-refractivity contribution in [2.45, 2.75) is 31.4 Å². The van der Waals surface area contributed by atoms with Gasteiger partial charge in [0, 0.05) is 11.3 Å². The van der Waals surface area contributed by atoms with Crippen LogP contribution in [-0.4, -0.2) is 26.0 Å². The van der Waals surface area contributed by atoms with Crippen LogP contribution in [0.15, 0.2) is 66.7 Å². The van der Waals surface area contributed by atoms with Gasteiger partial charge in [-0.25, -0.2) is 8.42 Å². The molecule has 3 aromatic rings. The smallest absolute Gasteiger partial charge is 0.304 e. The highest BCUT2D eigenvalue weighted by Gasteiger charge is 2.69. The van der Waals surface area contributed by atoms with Crippen LogP contribution in [0.5, 0.6) is 0 Å². The highest BCUT2D eigenvalue weighted by Crippen LogP contribution is 2.53. The maximum Gasteiger partial charge on any atom is 0.416 e. The lowest BCUT2D eigenvalue weighted by molar-refractivity contribution is -0.137. The Morgan fingerprint density at radius 2 is 1.67 bits per heavy atom. The van der Waals surface area contributed by atoms with Crippen molar-refractivity contribution >= 4 is 33.0 Å². The molecule has 1 spiro atoms. The van der Waals surface area contributed by atoms with Gasteiger partial charge in [0.15, 0.2) is 9.84 Å². The number of fused-ring (bicyclic) bond motifs is 2. The number of aryl methyl sites for hydroxylation is 2. The standard InChI is InChI=1S/C26H21F3N2O4S/c1-16-10-11-17(2)18(12-16)14-30-22-9-4-3-8-21(22)25(24(30)33)31(23(32)15-36(25,34)35)20-7-5-6-19(13-20)26(27,28)29/h3-13H,14-15H2,1-2H3. The van der Waals surface area contributed by atoms with E-state index in [0.717, 1.165) is 33.7 Å². The summed E-state index contributed by atoms with van der Waals surface area (Å²) in [5, 5.41) is 0. The fourth-order valence-corrected chi connectivity index (χ4v) is 7.04. The molecule has 186 valence electrons. The van der Waals surface area contributed by atoms with E-state index in [0.29, 0.717) is 11.8 Å². The minimum absolute atomic E-state index is 0.0330. The quantitative estimate of drug-likeness (QED) is 0.517. The summed E-state index contributed by atoms with van der Waals surface area (Å²) in [6, 6.07) is 15.7. The van der Waals surface area contributed by atoms with Gasteiger partial charge in [0.25, 0.3) is 10.8 Å². The average molecular weight is 515 g/mol. The van der Waals surface area contributed by atoms with Crippen LogP contribution in [0.1, 0.15) is 27.8 Å². The molecular formula is C26H21F3N2O4S. The first-order chi connectivity index (χ1) is 16.9. The van der Waals surface area contributed by atoms with E-state index in [1.165, 1.54) is 23.1 Å². The summed E-state index contributed by atoms with van der Waals surface area (Å²) in [7, 11) is -4.48. The number of amides is 2. The SMILES string of the molecule is Cc1ccc(C)c(CN2C(=O)C3(c4ccccc42)N(c2cccc(C(F)(F)F)c2)C(=O)CS3(=O)=O)c1. The number of carbonyl (C=O) groups is 2. The predicted octanol–water partition coefficient (Wildman–Crippen LogP) is 4.48. The molecule has 1 fully saturated rings. The summed E-state index contributed by atoms with van der Waals surface area (Å²) in [5.74, 6) is -2.86. The topological polar surface area (TPSA) is 74.8 Å². The van der Waals surface area contributed by atoms with Gasteiger partial charge in [0.1, 0.15) is 5.75 Å². The van der Waals surface area contributed by atoms with Crippen LogP contribution >= 0.6 is 0 Å². The Labute approximate surface area is 205 Å². The number of anilines is 2. The van der Waals surface area contributed by atoms with E-state index in [1.54, 1.807) is 12.1 Å². The number of halogens is 3. The molecule has 0 N–H and O–H groups in total. The fraction of sp³-hybridized carbons (Fsp3) is 0.231. The molecule has 1 saturated heterocycles. The highest BCUT2D eigenvalue weighted by molar-refractivity contribution is 7.94. The van der Waals surface area contributed by atoms with Gasteiger partial charge in [0.05, 0.1) is 17.8 Å². The maximum atomic E-state index is 14.1. The first-order valence-electron chi connectivity index (χ1n) is 11.1. The highest BCUT2D eigenvalue weighted by atomic mass is 32.2. The summed E-state index contributed by atoms with van der Waals surface area (Å²) in [6.45, 7) is 3.78. The van der Waals surface area contributed by atoms with Crippen molar-refractivity contribution in [1.29, 1.82) is 0 Å². The van der Waals surface area contributed by atoms with E-state index in [4.69, 9.17) is 0 Å². The summed E-state index contributed by atoms with van der Waals surface area (Å²) in [4.78, 5) is 26.8. The molecule has 0 aliphatic carbocycles. The number of hydrogen-bond acceptors (Lipinski definition) is 4. The van der Waals surface area contributed by atoms with Crippen LogP contribution in [0.3, 0.4) is 0 Å². The van der Waals surface area contributed by atoms with Crippen LogP contribution in [0.25, 0.3) is 0 Å². The van der Waals surface area contributed by atoms with Gasteiger partial charge in [-0.1, -0.05) is 48.0 Å². The number of rotatable bonds is 3. The third kappa shape index (κ3) is 3.35. The molecule has 6 nitrogen and oxygen atoms in total. The minimum Gasteiger partial charge on any atom is -0.304 e. The van der Waals surface area contributed by atoms with Crippen LogP contribution < -0.4 is 9.80 Å². The van der Waals surface area contributed by atoms with Crippen LogP contribution in [0, 0.1) is 13.8 Å². The van der Waals surface area contributed by atoms with Crippen molar-refractivity contribution in [2.75, 3.05) is 15.6 Å². The van der Waals surface area contributed by atoms with Gasteiger partial charge in [-0.3, -0.25) is 14.5 Å². The second kappa shape index (κ2) is 7.92. The van der Waals surface area contributed by atoms with E-state index in [2.05, 4.69) is 0 Å². The summed E-state index contributed by atoms with van der Waals surface area (Å²) in [5.41, 5.74) is 1.57. The number of hydrogen-bond donors (Lipinski definition) is 0. The van der Waals surface area contributed by atoms with Gasteiger partial charge in [0.2, 0.25) is 5.91 Å². The Balaban J connectivity index is 1.74. The lowest BCUT2D eigenvalue weighted by atomic mass is 10.0. The molecule has 0 bridgehead atoms. The second-order valence-electron chi connectivity index (χ2n) is 9.02. The average Bonchev–Trinajstić information content (AvgIpc) is 3.18. The Kier molecular flexibility index (Phi) is 5.29. The largest absolute Gasteiger partial charge is 0.416 e. The van der Waals surface area contributed by atoms with E-state index in [9.17, 15) is 31.2 Å². The first-order valence-corrected chi connectivity index (χ1v) is 12.7. The number of carbonyl (C=O) groups excluding carboxylic acids is 2. The van der Waals surface area contributed by atoms with Crippen molar-refractivity contribution in [3.63, 3.8) is 0 Å². The van der Waals surface area contributed by atoms with Gasteiger partial charge in [-0.05, 0) is 49.2 Å². The van der Waals surface area contributed by atoms with Crippen molar-refractivity contribution in [3.8, 4) is 0 Å². The van der Waals surface area contributed by atoms with Gasteiger partial charge < -0.3 is 4.90 Å². The van der Waals surface area contributed by atoms with E-state index >= 15 is 0 Å². The number of sulfone groups is 1. The lowest BCUT2D eigenvalue weighted by Crippen LogP contribution is -2.54. The molecule has 2 amide bonds. The third-order valence-corrected chi connectivity index (χ3v) is 8.79. The normalized spacial score (nSPS) is 20.9. The zero-order valence-electron chi connectivity index (χ0n) is 19.3. The molecular weight excluding hydrogens is 493 g/mol. The fourth-order valence-electron chi connectivity index (χ4n) is 5.01. The van der Waals surface area contributed by atoms with E-state index in [1.807, 2.05) is 32.0 Å². The van der Waals surface area contributed by atoms with E-state index in [-0.39, 0.29) is 17.8 Å². The molecule has 1 atom stereocenters. The van der Waals surface area contributed by atoms with Crippen LogP contribution in [-0.2, 0) is 37.0 Å².